The normalized spacial score (nSPS) is 18.1. The number of carbonyl (C=O) groups is 2. The number of benzene rings is 1. The van der Waals surface area contributed by atoms with Gasteiger partial charge in [-0.25, -0.2) is 9.59 Å². The zero-order valence-corrected chi connectivity index (χ0v) is 12.8. The maximum atomic E-state index is 11.9. The van der Waals surface area contributed by atoms with Crippen LogP contribution in [0.4, 0.5) is 4.79 Å². The van der Waals surface area contributed by atoms with Gasteiger partial charge in [-0.05, 0) is 18.7 Å². The fourth-order valence-electron chi connectivity index (χ4n) is 2.56. The lowest BCUT2D eigenvalue weighted by Crippen LogP contribution is -2.48. The molecule has 1 aliphatic heterocycles. The van der Waals surface area contributed by atoms with Crippen LogP contribution >= 0.6 is 0 Å². The SMILES string of the molecule is CCN(CC)CC1=C(C(=O)O)C(c2ccccc2)NC(=O)N1. The molecule has 1 aromatic rings. The molecule has 2 rings (SSSR count). The summed E-state index contributed by atoms with van der Waals surface area (Å²) >= 11 is 0. The van der Waals surface area contributed by atoms with Crippen molar-refractivity contribution in [3.05, 3.63) is 47.2 Å². The molecule has 0 saturated carbocycles. The van der Waals surface area contributed by atoms with Crippen molar-refractivity contribution in [3.63, 3.8) is 0 Å². The monoisotopic (exact) mass is 303 g/mol. The molecular weight excluding hydrogens is 282 g/mol. The van der Waals surface area contributed by atoms with Crippen LogP contribution in [-0.2, 0) is 4.79 Å². The Bertz CT molecular complexity index is 580. The third kappa shape index (κ3) is 3.46. The van der Waals surface area contributed by atoms with Crippen LogP contribution in [0.2, 0.25) is 0 Å². The largest absolute Gasteiger partial charge is 0.478 e. The van der Waals surface area contributed by atoms with E-state index >= 15 is 0 Å². The van der Waals surface area contributed by atoms with Crippen molar-refractivity contribution in [3.8, 4) is 0 Å². The predicted octanol–water partition coefficient (Wildman–Crippen LogP) is 1.72. The summed E-state index contributed by atoms with van der Waals surface area (Å²) in [4.78, 5) is 25.7. The lowest BCUT2D eigenvalue weighted by atomic mass is 9.95. The van der Waals surface area contributed by atoms with Crippen molar-refractivity contribution in [2.24, 2.45) is 0 Å². The number of carboxylic acid groups (broad SMARTS) is 1. The number of aliphatic carboxylic acids is 1. The zero-order valence-electron chi connectivity index (χ0n) is 12.8. The van der Waals surface area contributed by atoms with Crippen LogP contribution in [0.25, 0.3) is 0 Å². The number of urea groups is 1. The van der Waals surface area contributed by atoms with Crippen molar-refractivity contribution in [1.82, 2.24) is 15.5 Å². The van der Waals surface area contributed by atoms with Gasteiger partial charge in [-0.3, -0.25) is 4.90 Å². The molecule has 1 atom stereocenters. The van der Waals surface area contributed by atoms with Gasteiger partial charge in [0, 0.05) is 12.2 Å². The van der Waals surface area contributed by atoms with Crippen LogP contribution in [0.5, 0.6) is 0 Å². The fourth-order valence-corrected chi connectivity index (χ4v) is 2.56. The summed E-state index contributed by atoms with van der Waals surface area (Å²) in [6.45, 7) is 5.98. The quantitative estimate of drug-likeness (QED) is 0.747. The molecule has 1 aromatic carbocycles. The Morgan fingerprint density at radius 1 is 1.23 bits per heavy atom. The first kappa shape index (κ1) is 16.0. The molecule has 0 spiro atoms. The summed E-state index contributed by atoms with van der Waals surface area (Å²) in [5.41, 5.74) is 1.40. The Morgan fingerprint density at radius 3 is 2.41 bits per heavy atom. The first-order valence-electron chi connectivity index (χ1n) is 7.38. The molecule has 1 unspecified atom stereocenters. The molecule has 2 amide bonds. The third-order valence-electron chi connectivity index (χ3n) is 3.79. The van der Waals surface area contributed by atoms with E-state index in [0.717, 1.165) is 18.7 Å². The topological polar surface area (TPSA) is 81.7 Å². The van der Waals surface area contributed by atoms with Crippen molar-refractivity contribution in [2.45, 2.75) is 19.9 Å². The number of likely N-dealkylation sites (N-methyl/N-ethyl adjacent to an activating group) is 1. The highest BCUT2D eigenvalue weighted by Gasteiger charge is 2.32. The van der Waals surface area contributed by atoms with Crippen LogP contribution in [0.15, 0.2) is 41.6 Å². The number of hydrogen-bond donors (Lipinski definition) is 3. The van der Waals surface area contributed by atoms with Gasteiger partial charge in [-0.1, -0.05) is 44.2 Å². The molecule has 0 radical (unpaired) electrons. The second kappa shape index (κ2) is 7.09. The number of amides is 2. The minimum atomic E-state index is -1.02. The van der Waals surface area contributed by atoms with Crippen molar-refractivity contribution >= 4 is 12.0 Å². The van der Waals surface area contributed by atoms with Gasteiger partial charge >= 0.3 is 12.0 Å². The van der Waals surface area contributed by atoms with Crippen molar-refractivity contribution in [1.29, 1.82) is 0 Å². The Labute approximate surface area is 129 Å². The molecular formula is C16H21N3O3. The van der Waals surface area contributed by atoms with Gasteiger partial charge < -0.3 is 15.7 Å². The summed E-state index contributed by atoms with van der Waals surface area (Å²) in [7, 11) is 0. The number of carbonyl (C=O) groups excluding carboxylic acids is 1. The molecule has 3 N–H and O–H groups in total. The number of nitrogens with one attached hydrogen (secondary N) is 2. The number of nitrogens with zero attached hydrogens (tertiary/aromatic N) is 1. The van der Waals surface area contributed by atoms with Gasteiger partial charge in [-0.15, -0.1) is 0 Å². The summed E-state index contributed by atoms with van der Waals surface area (Å²) < 4.78 is 0. The lowest BCUT2D eigenvalue weighted by molar-refractivity contribution is -0.133. The molecule has 6 nitrogen and oxygen atoms in total. The van der Waals surface area contributed by atoms with E-state index in [2.05, 4.69) is 15.5 Å². The van der Waals surface area contributed by atoms with E-state index < -0.39 is 12.0 Å². The fraction of sp³-hybridized carbons (Fsp3) is 0.375. The molecule has 0 aliphatic carbocycles. The van der Waals surface area contributed by atoms with Gasteiger partial charge in [0.25, 0.3) is 0 Å². The Kier molecular flexibility index (Phi) is 5.16. The average Bonchev–Trinajstić information content (AvgIpc) is 2.52. The van der Waals surface area contributed by atoms with E-state index in [9.17, 15) is 14.7 Å². The van der Waals surface area contributed by atoms with Crippen LogP contribution in [0.1, 0.15) is 25.5 Å². The molecule has 0 saturated heterocycles. The molecule has 0 fully saturated rings. The Balaban J connectivity index is 2.44. The highest BCUT2D eigenvalue weighted by atomic mass is 16.4. The smallest absolute Gasteiger partial charge is 0.335 e. The van der Waals surface area contributed by atoms with Crippen LogP contribution in [0.3, 0.4) is 0 Å². The second-order valence-corrected chi connectivity index (χ2v) is 5.10. The Morgan fingerprint density at radius 2 is 1.86 bits per heavy atom. The summed E-state index contributed by atoms with van der Waals surface area (Å²) in [5.74, 6) is -1.02. The van der Waals surface area contributed by atoms with Gasteiger partial charge in [-0.2, -0.15) is 0 Å². The highest BCUT2D eigenvalue weighted by molar-refractivity contribution is 5.94. The summed E-state index contributed by atoms with van der Waals surface area (Å²) in [6, 6.07) is 8.12. The van der Waals surface area contributed by atoms with E-state index in [1.807, 2.05) is 44.2 Å². The first-order chi connectivity index (χ1) is 10.6. The standard InChI is InChI=1S/C16H21N3O3/c1-3-19(4-2)10-12-13(15(20)21)14(18-16(22)17-12)11-8-6-5-7-9-11/h5-9,14H,3-4,10H2,1-2H3,(H,20,21)(H2,17,18,22). The number of rotatable bonds is 6. The van der Waals surface area contributed by atoms with Crippen molar-refractivity contribution < 1.29 is 14.7 Å². The summed E-state index contributed by atoms with van der Waals surface area (Å²) in [5, 5.41) is 15.0. The van der Waals surface area contributed by atoms with Gasteiger partial charge in [0.05, 0.1) is 11.6 Å². The first-order valence-corrected chi connectivity index (χ1v) is 7.38. The molecule has 1 aliphatic rings. The van der Waals surface area contributed by atoms with E-state index in [1.165, 1.54) is 0 Å². The van der Waals surface area contributed by atoms with Gasteiger partial charge in [0.2, 0.25) is 0 Å². The van der Waals surface area contributed by atoms with Crippen LogP contribution in [-0.4, -0.2) is 41.6 Å². The maximum absolute atomic E-state index is 11.9. The molecule has 1 heterocycles. The zero-order chi connectivity index (χ0) is 16.1. The number of carboxylic acids is 1. The van der Waals surface area contributed by atoms with E-state index in [0.29, 0.717) is 12.2 Å². The van der Waals surface area contributed by atoms with E-state index in [-0.39, 0.29) is 11.6 Å². The highest BCUT2D eigenvalue weighted by Crippen LogP contribution is 2.27. The van der Waals surface area contributed by atoms with Crippen LogP contribution < -0.4 is 10.6 Å². The Hall–Kier alpha value is -2.34. The van der Waals surface area contributed by atoms with Gasteiger partial charge in [0.15, 0.2) is 0 Å². The molecule has 22 heavy (non-hydrogen) atoms. The number of hydrogen-bond acceptors (Lipinski definition) is 3. The second-order valence-electron chi connectivity index (χ2n) is 5.10. The van der Waals surface area contributed by atoms with Crippen molar-refractivity contribution in [2.75, 3.05) is 19.6 Å². The minimum Gasteiger partial charge on any atom is -0.478 e. The molecule has 118 valence electrons. The lowest BCUT2D eigenvalue weighted by Gasteiger charge is -2.30. The van der Waals surface area contributed by atoms with Crippen LogP contribution in [0, 0.1) is 0 Å². The minimum absolute atomic E-state index is 0.192. The molecule has 6 heteroatoms. The third-order valence-corrected chi connectivity index (χ3v) is 3.79. The average molecular weight is 303 g/mol. The van der Waals surface area contributed by atoms with Gasteiger partial charge in [0.1, 0.15) is 0 Å². The predicted molar refractivity (Wildman–Crippen MR) is 83.3 cm³/mol. The maximum Gasteiger partial charge on any atom is 0.335 e. The molecule has 0 aromatic heterocycles. The summed E-state index contributed by atoms with van der Waals surface area (Å²) in [6.07, 6.45) is 0. The van der Waals surface area contributed by atoms with E-state index in [4.69, 9.17) is 0 Å². The van der Waals surface area contributed by atoms with E-state index in [1.54, 1.807) is 0 Å². The molecule has 0 bridgehead atoms.